The van der Waals surface area contributed by atoms with Crippen molar-refractivity contribution in [1.82, 2.24) is 0 Å². The Labute approximate surface area is 248 Å². The first-order chi connectivity index (χ1) is 20.3. The normalized spacial score (nSPS) is 10.9. The molecular weight excluding hydrogens is 560 g/mol. The maximum Gasteiger partial charge on any atom is 0.303 e. The second kappa shape index (κ2) is 17.0. The molecule has 0 saturated carbocycles. The molecule has 9 nitrogen and oxygen atoms in total. The monoisotopic (exact) mass is 598 g/mol. The number of hydrogen-bond donors (Lipinski definition) is 3. The number of aryl methyl sites for hydroxylation is 1. The van der Waals surface area contributed by atoms with Crippen molar-refractivity contribution >= 4 is 22.6 Å². The molecule has 0 spiro atoms. The van der Waals surface area contributed by atoms with E-state index in [0.29, 0.717) is 36.7 Å². The second-order valence-corrected chi connectivity index (χ2v) is 10.9. The molecule has 0 aliphatic carbocycles. The summed E-state index contributed by atoms with van der Waals surface area (Å²) in [5, 5.41) is 18.0. The number of carbonyl (C=O) groups is 2. The third-order valence-corrected chi connectivity index (χ3v) is 7.43. The van der Waals surface area contributed by atoms with E-state index in [1.807, 2.05) is 42.5 Å². The van der Waals surface area contributed by atoms with E-state index >= 15 is 0 Å². The number of unbranched alkanes of at least 4 members (excludes halogenated alkanes) is 3. The van der Waals surface area contributed by atoms with Crippen LogP contribution in [0.1, 0.15) is 56.1 Å². The summed E-state index contributed by atoms with van der Waals surface area (Å²) in [7, 11) is -1.18. The molecule has 10 heteroatoms. The first kappa shape index (κ1) is 32.5. The van der Waals surface area contributed by atoms with E-state index < -0.39 is 22.6 Å². The zero-order chi connectivity index (χ0) is 30.3. The van der Waals surface area contributed by atoms with Gasteiger partial charge in [0.25, 0.3) is 0 Å². The van der Waals surface area contributed by atoms with E-state index in [1.165, 1.54) is 6.07 Å². The van der Waals surface area contributed by atoms with Gasteiger partial charge in [-0.2, -0.15) is 0 Å². The van der Waals surface area contributed by atoms with E-state index in [-0.39, 0.29) is 24.3 Å². The van der Waals surface area contributed by atoms with Crippen LogP contribution in [0.25, 0.3) is 11.1 Å². The summed E-state index contributed by atoms with van der Waals surface area (Å²) in [5.41, 5.74) is 3.51. The zero-order valence-electron chi connectivity index (χ0n) is 23.8. The molecule has 0 atom stereocenters. The summed E-state index contributed by atoms with van der Waals surface area (Å²) < 4.78 is 40.4. The number of hydrogen-bond acceptors (Lipinski definition) is 7. The Balaban J connectivity index is 1.51. The second-order valence-electron chi connectivity index (χ2n) is 9.85. The Morgan fingerprint density at radius 3 is 2.12 bits per heavy atom. The minimum atomic E-state index is -2.77. The summed E-state index contributed by atoms with van der Waals surface area (Å²) in [6.45, 7) is 0.705. The molecule has 226 valence electrons. The van der Waals surface area contributed by atoms with Gasteiger partial charge in [0.1, 0.15) is 17.2 Å². The van der Waals surface area contributed by atoms with Crippen molar-refractivity contribution in [3.63, 3.8) is 0 Å². The Hall–Kier alpha value is -4.05. The van der Waals surface area contributed by atoms with Crippen LogP contribution in [0, 0.1) is 0 Å². The highest BCUT2D eigenvalue weighted by Crippen LogP contribution is 2.29. The predicted octanol–water partition coefficient (Wildman–Crippen LogP) is 5.78. The lowest BCUT2D eigenvalue weighted by atomic mass is 9.97. The van der Waals surface area contributed by atoms with Crippen molar-refractivity contribution in [2.75, 3.05) is 20.3 Å². The number of thiol groups is 1. The fraction of sp³-hybridized carbons (Fsp3) is 0.375. The van der Waals surface area contributed by atoms with Gasteiger partial charge >= 0.3 is 11.9 Å². The summed E-state index contributed by atoms with van der Waals surface area (Å²) >= 11 is 0. The molecule has 3 rings (SSSR count). The van der Waals surface area contributed by atoms with Crippen LogP contribution in [0.4, 0.5) is 0 Å². The number of ether oxygens (including phenoxy) is 3. The highest BCUT2D eigenvalue weighted by atomic mass is 32.2. The first-order valence-electron chi connectivity index (χ1n) is 14.0. The summed E-state index contributed by atoms with van der Waals surface area (Å²) in [5.74, 6) is 0.0663. The molecule has 0 fully saturated rings. The van der Waals surface area contributed by atoms with Gasteiger partial charge in [0.05, 0.1) is 25.2 Å². The van der Waals surface area contributed by atoms with Gasteiger partial charge in [0.15, 0.2) is 10.7 Å². The standard InChI is InChI=1S/C32H38O9S/c1-39-26-14-12-23(13-15-26)25-20-27(22-28(21-25)42(37)38)40-18-5-3-2-4-8-24-9-6-10-30(29(24)16-17-32(35)36)41-19-7-11-31(33)34/h6,9-10,12-15,20-22,42H,2-5,7-8,11,16-19H2,1H3,(H,33,34)(H,35,36). The Bertz CT molecular complexity index is 1390. The van der Waals surface area contributed by atoms with E-state index in [1.54, 1.807) is 19.2 Å². The van der Waals surface area contributed by atoms with Crippen LogP contribution in [-0.2, 0) is 33.1 Å². The molecule has 3 aromatic rings. The van der Waals surface area contributed by atoms with Crippen molar-refractivity contribution in [2.45, 2.75) is 62.7 Å². The minimum Gasteiger partial charge on any atom is -0.497 e. The fourth-order valence-electron chi connectivity index (χ4n) is 4.59. The highest BCUT2D eigenvalue weighted by Gasteiger charge is 2.12. The molecule has 0 aliphatic rings. The molecule has 0 aromatic heterocycles. The van der Waals surface area contributed by atoms with Crippen LogP contribution in [0.2, 0.25) is 0 Å². The highest BCUT2D eigenvalue weighted by molar-refractivity contribution is 7.72. The van der Waals surface area contributed by atoms with Gasteiger partial charge in [-0.3, -0.25) is 9.59 Å². The largest absolute Gasteiger partial charge is 0.497 e. The number of methoxy groups -OCH3 is 1. The molecular formula is C32H38O9S. The van der Waals surface area contributed by atoms with Crippen LogP contribution in [-0.4, -0.2) is 50.9 Å². The van der Waals surface area contributed by atoms with Gasteiger partial charge in [0, 0.05) is 12.8 Å². The average molecular weight is 599 g/mol. The Morgan fingerprint density at radius 2 is 1.43 bits per heavy atom. The van der Waals surface area contributed by atoms with E-state index in [4.69, 9.17) is 19.3 Å². The third kappa shape index (κ3) is 10.7. The quantitative estimate of drug-likeness (QED) is 0.116. The smallest absolute Gasteiger partial charge is 0.303 e. The van der Waals surface area contributed by atoms with Gasteiger partial charge in [-0.25, -0.2) is 8.42 Å². The van der Waals surface area contributed by atoms with Crippen molar-refractivity contribution in [2.24, 2.45) is 0 Å². The number of benzene rings is 3. The molecule has 3 aromatic carbocycles. The summed E-state index contributed by atoms with van der Waals surface area (Å²) in [4.78, 5) is 22.2. The molecule has 0 unspecified atom stereocenters. The summed E-state index contributed by atoms with van der Waals surface area (Å²) in [6.07, 6.45) is 5.05. The molecule has 0 radical (unpaired) electrons. The first-order valence-corrected chi connectivity index (χ1v) is 15.2. The zero-order valence-corrected chi connectivity index (χ0v) is 24.6. The summed E-state index contributed by atoms with van der Waals surface area (Å²) in [6, 6.07) is 18.0. The van der Waals surface area contributed by atoms with Gasteiger partial charge < -0.3 is 24.4 Å². The fourth-order valence-corrected chi connectivity index (χ4v) is 5.06. The lowest BCUT2D eigenvalue weighted by Crippen LogP contribution is -2.07. The van der Waals surface area contributed by atoms with Crippen molar-refractivity contribution in [1.29, 1.82) is 0 Å². The molecule has 0 heterocycles. The molecule has 0 aliphatic heterocycles. The van der Waals surface area contributed by atoms with Gasteiger partial charge in [-0.1, -0.05) is 37.1 Å². The van der Waals surface area contributed by atoms with Crippen LogP contribution >= 0.6 is 0 Å². The Morgan fingerprint density at radius 1 is 0.714 bits per heavy atom. The number of aliphatic carboxylic acids is 2. The van der Waals surface area contributed by atoms with Crippen LogP contribution in [0.15, 0.2) is 65.6 Å². The van der Waals surface area contributed by atoms with Crippen LogP contribution < -0.4 is 14.2 Å². The lowest BCUT2D eigenvalue weighted by Gasteiger charge is -2.15. The molecule has 0 bridgehead atoms. The molecule has 42 heavy (non-hydrogen) atoms. The number of carboxylic acids is 2. The third-order valence-electron chi connectivity index (χ3n) is 6.75. The van der Waals surface area contributed by atoms with Gasteiger partial charge in [-0.05, 0) is 90.8 Å². The molecule has 2 N–H and O–H groups in total. The number of carboxylic acid groups (broad SMARTS) is 2. The van der Waals surface area contributed by atoms with Gasteiger partial charge in [0.2, 0.25) is 0 Å². The SMILES string of the molecule is COc1ccc(-c2cc(OCCCCCCc3cccc(OCCCC(=O)O)c3CCC(=O)O)cc([SH](=O)=O)c2)cc1. The predicted molar refractivity (Wildman–Crippen MR) is 159 cm³/mol. The average Bonchev–Trinajstić information content (AvgIpc) is 2.98. The van der Waals surface area contributed by atoms with Gasteiger partial charge in [-0.15, -0.1) is 0 Å². The van der Waals surface area contributed by atoms with E-state index in [9.17, 15) is 23.1 Å². The Kier molecular flexibility index (Phi) is 13.2. The minimum absolute atomic E-state index is 0.0121. The van der Waals surface area contributed by atoms with E-state index in [0.717, 1.165) is 54.4 Å². The topological polar surface area (TPSA) is 136 Å². The maximum atomic E-state index is 11.7. The van der Waals surface area contributed by atoms with Crippen molar-refractivity contribution in [3.8, 4) is 28.4 Å². The number of rotatable bonds is 19. The van der Waals surface area contributed by atoms with Crippen LogP contribution in [0.3, 0.4) is 0 Å². The lowest BCUT2D eigenvalue weighted by molar-refractivity contribution is -0.138. The van der Waals surface area contributed by atoms with Crippen molar-refractivity contribution < 1.29 is 42.4 Å². The van der Waals surface area contributed by atoms with E-state index in [2.05, 4.69) is 0 Å². The molecule has 0 amide bonds. The van der Waals surface area contributed by atoms with Crippen LogP contribution in [0.5, 0.6) is 17.2 Å². The van der Waals surface area contributed by atoms with Crippen molar-refractivity contribution in [3.05, 3.63) is 71.8 Å². The molecule has 0 saturated heterocycles. The maximum absolute atomic E-state index is 11.7.